The molecule has 1 N–H and O–H groups in total. The number of aryl methyl sites for hydroxylation is 2. The number of hydrogen-bond donors (Lipinski definition) is 1. The van der Waals surface area contributed by atoms with Gasteiger partial charge >= 0.3 is 0 Å². The van der Waals surface area contributed by atoms with Crippen molar-refractivity contribution in [3.8, 4) is 0 Å². The Morgan fingerprint density at radius 2 is 2.00 bits per heavy atom. The van der Waals surface area contributed by atoms with E-state index in [9.17, 15) is 4.79 Å². The molecule has 116 valence electrons. The molecule has 0 bridgehead atoms. The first-order chi connectivity index (χ1) is 11.1. The average Bonchev–Trinajstić information content (AvgIpc) is 3.33. The van der Waals surface area contributed by atoms with Gasteiger partial charge in [0.25, 0.3) is 5.91 Å². The molecule has 2 heterocycles. The van der Waals surface area contributed by atoms with Crippen LogP contribution in [0.25, 0.3) is 10.9 Å². The van der Waals surface area contributed by atoms with Crippen LogP contribution in [0.4, 0.5) is 5.13 Å². The van der Waals surface area contributed by atoms with Crippen molar-refractivity contribution in [1.82, 2.24) is 9.97 Å². The predicted octanol–water partition coefficient (Wildman–Crippen LogP) is 4.44. The molecule has 0 atom stereocenters. The molecule has 23 heavy (non-hydrogen) atoms. The van der Waals surface area contributed by atoms with Crippen molar-refractivity contribution in [2.45, 2.75) is 32.6 Å². The second-order valence-electron chi connectivity index (χ2n) is 6.00. The minimum Gasteiger partial charge on any atom is -0.298 e. The van der Waals surface area contributed by atoms with Crippen molar-refractivity contribution in [1.29, 1.82) is 0 Å². The van der Waals surface area contributed by atoms with Crippen LogP contribution >= 0.6 is 11.3 Å². The lowest BCUT2D eigenvalue weighted by Crippen LogP contribution is -2.13. The molecule has 3 aromatic rings. The third-order valence-corrected chi connectivity index (χ3v) is 5.21. The number of carbonyl (C=O) groups excluding carboxylic acids is 1. The zero-order chi connectivity index (χ0) is 16.0. The number of aromatic nitrogens is 2. The Morgan fingerprint density at radius 3 is 2.70 bits per heavy atom. The molecule has 1 saturated carbocycles. The van der Waals surface area contributed by atoms with E-state index >= 15 is 0 Å². The summed E-state index contributed by atoms with van der Waals surface area (Å²) in [5.74, 6) is 0.398. The van der Waals surface area contributed by atoms with Gasteiger partial charge in [-0.2, -0.15) is 0 Å². The minimum atomic E-state index is -0.112. The quantitative estimate of drug-likeness (QED) is 0.775. The van der Waals surface area contributed by atoms with Crippen LogP contribution in [0.15, 0.2) is 30.3 Å². The summed E-state index contributed by atoms with van der Waals surface area (Å²) in [6, 6.07) is 9.77. The molecule has 1 fully saturated rings. The number of rotatable bonds is 3. The number of carbonyl (C=O) groups is 1. The number of benzene rings is 1. The lowest BCUT2D eigenvalue weighted by molar-refractivity contribution is 0.102. The van der Waals surface area contributed by atoms with Crippen molar-refractivity contribution in [3.05, 3.63) is 52.2 Å². The fraction of sp³-hybridized carbons (Fsp3) is 0.278. The molecule has 0 saturated heterocycles. The highest BCUT2D eigenvalue weighted by atomic mass is 32.1. The Bertz CT molecular complexity index is 892. The predicted molar refractivity (Wildman–Crippen MR) is 93.3 cm³/mol. The summed E-state index contributed by atoms with van der Waals surface area (Å²) in [5.41, 5.74) is 3.56. The summed E-state index contributed by atoms with van der Waals surface area (Å²) < 4.78 is 0. The van der Waals surface area contributed by atoms with Crippen molar-refractivity contribution in [3.63, 3.8) is 0 Å². The molecule has 0 spiro atoms. The van der Waals surface area contributed by atoms with Gasteiger partial charge in [0.1, 0.15) is 0 Å². The lowest BCUT2D eigenvalue weighted by atomic mass is 10.1. The van der Waals surface area contributed by atoms with Crippen molar-refractivity contribution < 1.29 is 4.79 Å². The average molecular weight is 323 g/mol. The first kappa shape index (κ1) is 14.3. The number of nitrogens with zero attached hydrogens (tertiary/aromatic N) is 2. The zero-order valence-corrected chi connectivity index (χ0v) is 13.9. The van der Waals surface area contributed by atoms with Crippen LogP contribution in [-0.4, -0.2) is 15.9 Å². The van der Waals surface area contributed by atoms with E-state index in [1.807, 2.05) is 44.2 Å². The summed E-state index contributed by atoms with van der Waals surface area (Å²) in [5, 5.41) is 4.48. The van der Waals surface area contributed by atoms with E-state index in [-0.39, 0.29) is 5.91 Å². The molecule has 2 aromatic heterocycles. The van der Waals surface area contributed by atoms with Gasteiger partial charge in [0.05, 0.1) is 16.8 Å². The number of amides is 1. The van der Waals surface area contributed by atoms with Gasteiger partial charge in [0, 0.05) is 21.9 Å². The second kappa shape index (κ2) is 5.42. The van der Waals surface area contributed by atoms with Crippen LogP contribution in [0.3, 0.4) is 0 Å². The maximum Gasteiger partial charge on any atom is 0.258 e. The molecule has 1 aromatic carbocycles. The Kier molecular flexibility index (Phi) is 3.38. The maximum absolute atomic E-state index is 12.8. The molecule has 0 unspecified atom stereocenters. The van der Waals surface area contributed by atoms with Gasteiger partial charge in [-0.25, -0.2) is 4.98 Å². The maximum atomic E-state index is 12.8. The largest absolute Gasteiger partial charge is 0.298 e. The van der Waals surface area contributed by atoms with Crippen LogP contribution < -0.4 is 5.32 Å². The molecule has 1 aliphatic carbocycles. The second-order valence-corrected chi connectivity index (χ2v) is 7.20. The normalized spacial score (nSPS) is 14.2. The summed E-state index contributed by atoms with van der Waals surface area (Å²) in [6.45, 7) is 3.96. The molecule has 1 aliphatic rings. The van der Waals surface area contributed by atoms with Crippen LogP contribution in [-0.2, 0) is 0 Å². The summed E-state index contributed by atoms with van der Waals surface area (Å²) in [4.78, 5) is 23.0. The number of pyridine rings is 1. The number of nitrogens with one attached hydrogen (secondary N) is 1. The number of para-hydroxylation sites is 1. The molecular formula is C18H17N3OS. The standard InChI is InChI=1S/C18H17N3OS/c1-10-11(2)23-18(19-10)21-17(22)14-9-16(12-7-8-12)20-15-6-4-3-5-13(14)15/h3-6,9,12H,7-8H2,1-2H3,(H,19,21,22). The molecule has 5 heteroatoms. The third-order valence-electron chi connectivity index (χ3n) is 4.23. The van der Waals surface area contributed by atoms with Gasteiger partial charge in [-0.05, 0) is 38.8 Å². The van der Waals surface area contributed by atoms with Gasteiger partial charge in [0.2, 0.25) is 0 Å². The Hall–Kier alpha value is -2.27. The van der Waals surface area contributed by atoms with E-state index in [4.69, 9.17) is 4.98 Å². The highest BCUT2D eigenvalue weighted by molar-refractivity contribution is 7.15. The Labute approximate surface area is 138 Å². The van der Waals surface area contributed by atoms with Crippen LogP contribution in [0, 0.1) is 13.8 Å². The van der Waals surface area contributed by atoms with E-state index in [2.05, 4.69) is 10.3 Å². The van der Waals surface area contributed by atoms with E-state index < -0.39 is 0 Å². The summed E-state index contributed by atoms with van der Waals surface area (Å²) in [6.07, 6.45) is 2.33. The van der Waals surface area contributed by atoms with Gasteiger partial charge in [-0.1, -0.05) is 18.2 Å². The van der Waals surface area contributed by atoms with Gasteiger partial charge < -0.3 is 0 Å². The van der Waals surface area contributed by atoms with E-state index in [1.165, 1.54) is 11.3 Å². The fourth-order valence-electron chi connectivity index (χ4n) is 2.66. The minimum absolute atomic E-state index is 0.112. The summed E-state index contributed by atoms with van der Waals surface area (Å²) in [7, 11) is 0. The van der Waals surface area contributed by atoms with Crippen molar-refractivity contribution in [2.75, 3.05) is 5.32 Å². The summed E-state index contributed by atoms with van der Waals surface area (Å²) >= 11 is 1.51. The monoisotopic (exact) mass is 323 g/mol. The smallest absolute Gasteiger partial charge is 0.258 e. The fourth-order valence-corrected chi connectivity index (χ4v) is 3.47. The number of fused-ring (bicyclic) bond motifs is 1. The van der Waals surface area contributed by atoms with Gasteiger partial charge in [-0.15, -0.1) is 11.3 Å². The molecule has 0 aliphatic heterocycles. The topological polar surface area (TPSA) is 54.9 Å². The van der Waals surface area contributed by atoms with Gasteiger partial charge in [-0.3, -0.25) is 15.1 Å². The molecule has 0 radical (unpaired) electrons. The highest BCUT2D eigenvalue weighted by Crippen LogP contribution is 2.40. The van der Waals surface area contributed by atoms with E-state index in [1.54, 1.807) is 0 Å². The Balaban J connectivity index is 1.75. The highest BCUT2D eigenvalue weighted by Gasteiger charge is 2.27. The SMILES string of the molecule is Cc1nc(NC(=O)c2cc(C3CC3)nc3ccccc23)sc1C. The van der Waals surface area contributed by atoms with Crippen molar-refractivity contribution >= 4 is 33.3 Å². The molecular weight excluding hydrogens is 306 g/mol. The lowest BCUT2D eigenvalue weighted by Gasteiger charge is -2.08. The first-order valence-electron chi connectivity index (χ1n) is 7.77. The first-order valence-corrected chi connectivity index (χ1v) is 8.58. The number of thiazole rings is 1. The van der Waals surface area contributed by atoms with Crippen molar-refractivity contribution in [2.24, 2.45) is 0 Å². The molecule has 4 rings (SSSR count). The number of hydrogen-bond acceptors (Lipinski definition) is 4. The van der Waals surface area contributed by atoms with Crippen LogP contribution in [0.5, 0.6) is 0 Å². The number of anilines is 1. The Morgan fingerprint density at radius 1 is 1.22 bits per heavy atom. The van der Waals surface area contributed by atoms with Gasteiger partial charge in [0.15, 0.2) is 5.13 Å². The zero-order valence-electron chi connectivity index (χ0n) is 13.1. The van der Waals surface area contributed by atoms with E-state index in [0.29, 0.717) is 16.6 Å². The van der Waals surface area contributed by atoms with Crippen LogP contribution in [0.1, 0.15) is 45.4 Å². The molecule has 4 nitrogen and oxygen atoms in total. The van der Waals surface area contributed by atoms with Crippen LogP contribution in [0.2, 0.25) is 0 Å². The molecule has 1 amide bonds. The third kappa shape index (κ3) is 2.72. The van der Waals surface area contributed by atoms with E-state index in [0.717, 1.165) is 40.0 Å².